The Labute approximate surface area is 93.8 Å². The molecule has 0 atom stereocenters. The lowest BCUT2D eigenvalue weighted by Gasteiger charge is -2.13. The number of likely N-dealkylation sites (N-methyl/N-ethyl adjacent to an activating group) is 1. The quantitative estimate of drug-likeness (QED) is 0.775. The Morgan fingerprint density at radius 1 is 1.44 bits per heavy atom. The van der Waals surface area contributed by atoms with Gasteiger partial charge in [-0.25, -0.2) is 9.18 Å². The first-order chi connectivity index (χ1) is 7.58. The Hall–Kier alpha value is -1.68. The summed E-state index contributed by atoms with van der Waals surface area (Å²) in [6.45, 7) is 1.20. The van der Waals surface area contributed by atoms with Gasteiger partial charge in [-0.05, 0) is 24.7 Å². The standard InChI is InChI=1S/C12H14FNO2/c1-14(8-2-3-12(15)16)9-10-4-6-11(13)7-5-10/h2-7H,8-9H2,1H3,(H,15,16). The molecule has 0 aromatic heterocycles. The molecule has 0 heterocycles. The van der Waals surface area contributed by atoms with Crippen LogP contribution < -0.4 is 0 Å². The number of hydrogen-bond acceptors (Lipinski definition) is 2. The second kappa shape index (κ2) is 6.02. The lowest BCUT2D eigenvalue weighted by atomic mass is 10.2. The van der Waals surface area contributed by atoms with E-state index in [4.69, 9.17) is 5.11 Å². The number of carboxylic acid groups (broad SMARTS) is 1. The minimum absolute atomic E-state index is 0.253. The van der Waals surface area contributed by atoms with E-state index in [0.717, 1.165) is 11.6 Å². The van der Waals surface area contributed by atoms with Crippen LogP contribution in [0, 0.1) is 5.82 Å². The van der Waals surface area contributed by atoms with Crippen molar-refractivity contribution >= 4 is 5.97 Å². The first-order valence-corrected chi connectivity index (χ1v) is 4.90. The zero-order valence-electron chi connectivity index (χ0n) is 9.06. The fourth-order valence-corrected chi connectivity index (χ4v) is 1.30. The van der Waals surface area contributed by atoms with Crippen molar-refractivity contribution in [3.05, 3.63) is 47.8 Å². The molecule has 86 valence electrons. The molecule has 0 saturated carbocycles. The summed E-state index contributed by atoms with van der Waals surface area (Å²) in [5.74, 6) is -1.20. The van der Waals surface area contributed by atoms with Crippen molar-refractivity contribution < 1.29 is 14.3 Å². The van der Waals surface area contributed by atoms with Crippen LogP contribution in [0.5, 0.6) is 0 Å². The molecule has 1 N–H and O–H groups in total. The molecule has 1 aromatic carbocycles. The number of carbonyl (C=O) groups is 1. The highest BCUT2D eigenvalue weighted by molar-refractivity contribution is 5.79. The van der Waals surface area contributed by atoms with E-state index in [0.29, 0.717) is 13.1 Å². The van der Waals surface area contributed by atoms with Crippen LogP contribution in [-0.4, -0.2) is 29.6 Å². The summed E-state index contributed by atoms with van der Waals surface area (Å²) in [5.41, 5.74) is 0.993. The van der Waals surface area contributed by atoms with Gasteiger partial charge in [0.1, 0.15) is 5.82 Å². The first-order valence-electron chi connectivity index (χ1n) is 4.90. The average Bonchev–Trinajstić information content (AvgIpc) is 2.21. The molecule has 16 heavy (non-hydrogen) atoms. The minimum Gasteiger partial charge on any atom is -0.478 e. The Morgan fingerprint density at radius 2 is 2.06 bits per heavy atom. The molecule has 4 heteroatoms. The summed E-state index contributed by atoms with van der Waals surface area (Å²) in [6, 6.07) is 6.26. The summed E-state index contributed by atoms with van der Waals surface area (Å²) < 4.78 is 12.6. The van der Waals surface area contributed by atoms with E-state index >= 15 is 0 Å². The van der Waals surface area contributed by atoms with Crippen molar-refractivity contribution in [2.45, 2.75) is 6.54 Å². The monoisotopic (exact) mass is 223 g/mol. The molecular weight excluding hydrogens is 209 g/mol. The lowest BCUT2D eigenvalue weighted by molar-refractivity contribution is -0.131. The molecule has 1 rings (SSSR count). The van der Waals surface area contributed by atoms with Crippen LogP contribution >= 0.6 is 0 Å². The van der Waals surface area contributed by atoms with Gasteiger partial charge in [0.2, 0.25) is 0 Å². The van der Waals surface area contributed by atoms with E-state index in [1.54, 1.807) is 18.2 Å². The van der Waals surface area contributed by atoms with Gasteiger partial charge in [-0.3, -0.25) is 4.90 Å². The predicted octanol–water partition coefficient (Wildman–Crippen LogP) is 1.90. The summed E-state index contributed by atoms with van der Waals surface area (Å²) >= 11 is 0. The topological polar surface area (TPSA) is 40.5 Å². The molecule has 0 amide bonds. The van der Waals surface area contributed by atoms with Gasteiger partial charge in [-0.1, -0.05) is 18.2 Å². The maximum Gasteiger partial charge on any atom is 0.328 e. The fourth-order valence-electron chi connectivity index (χ4n) is 1.30. The van der Waals surface area contributed by atoms with Crippen molar-refractivity contribution in [3.63, 3.8) is 0 Å². The third-order valence-electron chi connectivity index (χ3n) is 2.04. The van der Waals surface area contributed by atoms with Crippen LogP contribution in [-0.2, 0) is 11.3 Å². The maximum absolute atomic E-state index is 12.6. The SMILES string of the molecule is CN(CC=CC(=O)O)Cc1ccc(F)cc1. The molecule has 3 nitrogen and oxygen atoms in total. The summed E-state index contributed by atoms with van der Waals surface area (Å²) in [7, 11) is 1.87. The maximum atomic E-state index is 12.6. The molecule has 0 aliphatic carbocycles. The van der Waals surface area contributed by atoms with E-state index in [9.17, 15) is 9.18 Å². The van der Waals surface area contributed by atoms with Gasteiger partial charge < -0.3 is 5.11 Å². The van der Waals surface area contributed by atoms with Crippen molar-refractivity contribution in [3.8, 4) is 0 Å². The molecule has 0 aliphatic heterocycles. The van der Waals surface area contributed by atoms with Crippen LogP contribution in [0.1, 0.15) is 5.56 Å². The zero-order valence-corrected chi connectivity index (χ0v) is 9.06. The molecule has 0 aliphatic rings. The summed E-state index contributed by atoms with van der Waals surface area (Å²) in [5, 5.41) is 8.40. The Bertz CT molecular complexity index is 373. The minimum atomic E-state index is -0.949. The molecule has 0 saturated heterocycles. The summed E-state index contributed by atoms with van der Waals surface area (Å²) in [6.07, 6.45) is 2.69. The van der Waals surface area contributed by atoms with Crippen molar-refractivity contribution in [2.75, 3.05) is 13.6 Å². The molecule has 0 spiro atoms. The van der Waals surface area contributed by atoms with Crippen LogP contribution in [0.3, 0.4) is 0 Å². The second-order valence-electron chi connectivity index (χ2n) is 3.56. The van der Waals surface area contributed by atoms with Crippen LogP contribution in [0.15, 0.2) is 36.4 Å². The average molecular weight is 223 g/mol. The zero-order chi connectivity index (χ0) is 12.0. The highest BCUT2D eigenvalue weighted by Crippen LogP contribution is 2.05. The predicted molar refractivity (Wildman–Crippen MR) is 59.5 cm³/mol. The Balaban J connectivity index is 2.42. The van der Waals surface area contributed by atoms with Crippen molar-refractivity contribution in [1.82, 2.24) is 4.90 Å². The second-order valence-corrected chi connectivity index (χ2v) is 3.56. The van der Waals surface area contributed by atoms with Gasteiger partial charge >= 0.3 is 5.97 Å². The van der Waals surface area contributed by atoms with Crippen LogP contribution in [0.25, 0.3) is 0 Å². The Morgan fingerprint density at radius 3 is 2.62 bits per heavy atom. The molecule has 0 fully saturated rings. The highest BCUT2D eigenvalue weighted by Gasteiger charge is 1.98. The van der Waals surface area contributed by atoms with Gasteiger partial charge in [0.05, 0.1) is 0 Å². The molecule has 1 aromatic rings. The number of aliphatic carboxylic acids is 1. The number of hydrogen-bond donors (Lipinski definition) is 1. The third kappa shape index (κ3) is 4.70. The first kappa shape index (κ1) is 12.4. The van der Waals surface area contributed by atoms with E-state index in [-0.39, 0.29) is 5.82 Å². The molecule has 0 radical (unpaired) electrons. The smallest absolute Gasteiger partial charge is 0.328 e. The number of halogens is 1. The number of nitrogens with zero attached hydrogens (tertiary/aromatic N) is 1. The van der Waals surface area contributed by atoms with Crippen molar-refractivity contribution in [1.29, 1.82) is 0 Å². The molecule has 0 bridgehead atoms. The normalized spacial score (nSPS) is 11.2. The van der Waals surface area contributed by atoms with Crippen LogP contribution in [0.4, 0.5) is 4.39 Å². The van der Waals surface area contributed by atoms with E-state index in [1.165, 1.54) is 12.1 Å². The fraction of sp³-hybridized carbons (Fsp3) is 0.250. The number of rotatable bonds is 5. The lowest BCUT2D eigenvalue weighted by Crippen LogP contribution is -2.17. The van der Waals surface area contributed by atoms with E-state index in [2.05, 4.69) is 0 Å². The van der Waals surface area contributed by atoms with Gasteiger partial charge in [0.15, 0.2) is 0 Å². The number of carboxylic acids is 1. The molecular formula is C12H14FNO2. The van der Waals surface area contributed by atoms with Crippen LogP contribution in [0.2, 0.25) is 0 Å². The van der Waals surface area contributed by atoms with Gasteiger partial charge in [0.25, 0.3) is 0 Å². The van der Waals surface area contributed by atoms with Gasteiger partial charge in [-0.2, -0.15) is 0 Å². The van der Waals surface area contributed by atoms with Crippen molar-refractivity contribution in [2.24, 2.45) is 0 Å². The largest absolute Gasteiger partial charge is 0.478 e. The van der Waals surface area contributed by atoms with E-state index in [1.807, 2.05) is 11.9 Å². The molecule has 0 unspecified atom stereocenters. The Kier molecular flexibility index (Phi) is 4.66. The summed E-state index contributed by atoms with van der Waals surface area (Å²) in [4.78, 5) is 12.2. The van der Waals surface area contributed by atoms with E-state index < -0.39 is 5.97 Å². The third-order valence-corrected chi connectivity index (χ3v) is 2.04. The highest BCUT2D eigenvalue weighted by atomic mass is 19.1. The number of benzene rings is 1. The van der Waals surface area contributed by atoms with Gasteiger partial charge in [-0.15, -0.1) is 0 Å². The van der Waals surface area contributed by atoms with Gasteiger partial charge in [0, 0.05) is 19.2 Å².